The van der Waals surface area contributed by atoms with E-state index >= 15 is 0 Å². The number of esters is 1. The van der Waals surface area contributed by atoms with Crippen LogP contribution in [-0.2, 0) is 22.4 Å². The average Bonchev–Trinajstić information content (AvgIpc) is 2.96. The lowest BCUT2D eigenvalue weighted by molar-refractivity contribution is -0.118. The molecule has 3 rings (SSSR count). The van der Waals surface area contributed by atoms with Crippen LogP contribution in [0.5, 0.6) is 5.75 Å². The van der Waals surface area contributed by atoms with E-state index in [1.54, 1.807) is 0 Å². The summed E-state index contributed by atoms with van der Waals surface area (Å²) >= 11 is 1.49. The van der Waals surface area contributed by atoms with Gasteiger partial charge >= 0.3 is 5.97 Å². The number of hydrogen-bond donors (Lipinski definition) is 1. The molecule has 5 nitrogen and oxygen atoms in total. The van der Waals surface area contributed by atoms with Crippen LogP contribution < -0.4 is 10.1 Å². The van der Waals surface area contributed by atoms with Crippen molar-refractivity contribution in [1.82, 2.24) is 0 Å². The maximum atomic E-state index is 12.4. The third kappa shape index (κ3) is 4.89. The van der Waals surface area contributed by atoms with Gasteiger partial charge in [-0.1, -0.05) is 30.5 Å². The van der Waals surface area contributed by atoms with Gasteiger partial charge in [0.25, 0.3) is 5.91 Å². The van der Waals surface area contributed by atoms with Gasteiger partial charge in [0, 0.05) is 4.88 Å². The zero-order valence-electron chi connectivity index (χ0n) is 15.8. The van der Waals surface area contributed by atoms with E-state index in [2.05, 4.69) is 5.32 Å². The standard InChI is InChI=1S/C21H25NO4S/c1-14-9-11-15(12-10-14)26-13-18(23)22-20-19(21(24)25-2)16-7-5-3-4-6-8-17(16)27-20/h9-12H,3-8,13H2,1-2H3,(H,22,23). The molecule has 1 N–H and O–H groups in total. The molecule has 1 amide bonds. The number of hydrogen-bond acceptors (Lipinski definition) is 5. The van der Waals surface area contributed by atoms with E-state index in [9.17, 15) is 9.59 Å². The first-order valence-electron chi connectivity index (χ1n) is 9.30. The Morgan fingerprint density at radius 2 is 1.78 bits per heavy atom. The molecule has 6 heteroatoms. The lowest BCUT2D eigenvalue weighted by atomic mass is 9.96. The highest BCUT2D eigenvalue weighted by atomic mass is 32.1. The molecule has 1 aliphatic carbocycles. The number of amides is 1. The summed E-state index contributed by atoms with van der Waals surface area (Å²) in [7, 11) is 1.38. The second-order valence-electron chi connectivity index (χ2n) is 6.76. The lowest BCUT2D eigenvalue weighted by Gasteiger charge is -2.11. The largest absolute Gasteiger partial charge is 0.484 e. The molecular formula is C21H25NO4S. The molecule has 27 heavy (non-hydrogen) atoms. The van der Waals surface area contributed by atoms with Gasteiger partial charge in [-0.05, 0) is 50.3 Å². The zero-order valence-corrected chi connectivity index (χ0v) is 16.6. The quantitative estimate of drug-likeness (QED) is 0.766. The molecule has 0 bridgehead atoms. The average molecular weight is 388 g/mol. The van der Waals surface area contributed by atoms with Gasteiger partial charge in [0.1, 0.15) is 10.8 Å². The summed E-state index contributed by atoms with van der Waals surface area (Å²) in [4.78, 5) is 25.9. The highest BCUT2D eigenvalue weighted by molar-refractivity contribution is 7.17. The minimum Gasteiger partial charge on any atom is -0.484 e. The predicted molar refractivity (Wildman–Crippen MR) is 107 cm³/mol. The monoisotopic (exact) mass is 387 g/mol. The number of nitrogens with one attached hydrogen (secondary N) is 1. The number of ether oxygens (including phenoxy) is 2. The van der Waals surface area contributed by atoms with Crippen molar-refractivity contribution in [2.45, 2.75) is 45.4 Å². The summed E-state index contributed by atoms with van der Waals surface area (Å²) in [6.07, 6.45) is 6.33. The van der Waals surface area contributed by atoms with E-state index < -0.39 is 0 Å². The number of methoxy groups -OCH3 is 1. The molecule has 0 aliphatic heterocycles. The van der Waals surface area contributed by atoms with Crippen LogP contribution >= 0.6 is 11.3 Å². The van der Waals surface area contributed by atoms with Gasteiger partial charge in [-0.3, -0.25) is 4.79 Å². The summed E-state index contributed by atoms with van der Waals surface area (Å²) in [5.74, 6) is -0.0276. The molecule has 0 fully saturated rings. The Labute approximate surface area is 163 Å². The van der Waals surface area contributed by atoms with Crippen LogP contribution in [0.4, 0.5) is 5.00 Å². The fraction of sp³-hybridized carbons (Fsp3) is 0.429. The van der Waals surface area contributed by atoms with Crippen LogP contribution in [0.2, 0.25) is 0 Å². The second-order valence-corrected chi connectivity index (χ2v) is 7.87. The highest BCUT2D eigenvalue weighted by Gasteiger charge is 2.25. The number of benzene rings is 1. The molecule has 2 aromatic rings. The smallest absolute Gasteiger partial charge is 0.341 e. The third-order valence-electron chi connectivity index (χ3n) is 4.70. The number of anilines is 1. The summed E-state index contributed by atoms with van der Waals surface area (Å²) < 4.78 is 10.5. The minimum atomic E-state index is -0.386. The molecule has 0 spiro atoms. The van der Waals surface area contributed by atoms with Crippen molar-refractivity contribution in [2.24, 2.45) is 0 Å². The maximum Gasteiger partial charge on any atom is 0.341 e. The third-order valence-corrected chi connectivity index (χ3v) is 5.91. The SMILES string of the molecule is COC(=O)c1c(NC(=O)COc2ccc(C)cc2)sc2c1CCCCCC2. The Morgan fingerprint density at radius 1 is 1.07 bits per heavy atom. The molecular weight excluding hydrogens is 362 g/mol. The van der Waals surface area contributed by atoms with E-state index in [1.165, 1.54) is 36.2 Å². The van der Waals surface area contributed by atoms with Crippen LogP contribution in [0.15, 0.2) is 24.3 Å². The van der Waals surface area contributed by atoms with E-state index in [0.29, 0.717) is 16.3 Å². The summed E-state index contributed by atoms with van der Waals surface area (Å²) in [6, 6.07) is 7.53. The number of carbonyl (C=O) groups is 2. The number of carbonyl (C=O) groups excluding carboxylic acids is 2. The van der Waals surface area contributed by atoms with Crippen molar-refractivity contribution in [2.75, 3.05) is 19.0 Å². The van der Waals surface area contributed by atoms with E-state index in [4.69, 9.17) is 9.47 Å². The van der Waals surface area contributed by atoms with Gasteiger partial charge in [0.05, 0.1) is 12.7 Å². The van der Waals surface area contributed by atoms with E-state index in [1.807, 2.05) is 31.2 Å². The van der Waals surface area contributed by atoms with Gasteiger partial charge < -0.3 is 14.8 Å². The van der Waals surface area contributed by atoms with Crippen LogP contribution in [-0.4, -0.2) is 25.6 Å². The predicted octanol–water partition coefficient (Wildman–Crippen LogP) is 4.52. The van der Waals surface area contributed by atoms with E-state index in [-0.39, 0.29) is 18.5 Å². The Kier molecular flexibility index (Phi) is 6.50. The zero-order chi connectivity index (χ0) is 19.2. The van der Waals surface area contributed by atoms with Crippen LogP contribution in [0.25, 0.3) is 0 Å². The van der Waals surface area contributed by atoms with E-state index in [0.717, 1.165) is 36.8 Å². The summed E-state index contributed by atoms with van der Waals surface area (Å²) in [5, 5.41) is 3.43. The first-order chi connectivity index (χ1) is 13.1. The van der Waals surface area contributed by atoms with Gasteiger partial charge in [-0.15, -0.1) is 11.3 Å². The highest BCUT2D eigenvalue weighted by Crippen LogP contribution is 2.37. The van der Waals surface area contributed by atoms with Gasteiger partial charge in [-0.25, -0.2) is 4.79 Å². The van der Waals surface area contributed by atoms with Crippen molar-refractivity contribution < 1.29 is 19.1 Å². The fourth-order valence-corrected chi connectivity index (χ4v) is 4.57. The molecule has 144 valence electrons. The normalized spacial score (nSPS) is 13.9. The Hall–Kier alpha value is -2.34. The maximum absolute atomic E-state index is 12.4. The van der Waals surface area contributed by atoms with Gasteiger partial charge in [0.15, 0.2) is 6.61 Å². The van der Waals surface area contributed by atoms with Crippen molar-refractivity contribution >= 4 is 28.2 Å². The second kappa shape index (κ2) is 9.04. The van der Waals surface area contributed by atoms with Crippen molar-refractivity contribution in [3.05, 3.63) is 45.8 Å². The van der Waals surface area contributed by atoms with Gasteiger partial charge in [0.2, 0.25) is 0 Å². The van der Waals surface area contributed by atoms with Crippen molar-refractivity contribution in [3.8, 4) is 5.75 Å². The fourth-order valence-electron chi connectivity index (χ4n) is 3.27. The first-order valence-corrected chi connectivity index (χ1v) is 10.1. The number of rotatable bonds is 5. The summed E-state index contributed by atoms with van der Waals surface area (Å²) in [5.41, 5.74) is 2.69. The molecule has 0 saturated heterocycles. The van der Waals surface area contributed by atoms with Crippen LogP contribution in [0.1, 0.15) is 52.0 Å². The molecule has 1 aromatic heterocycles. The minimum absolute atomic E-state index is 0.105. The number of thiophene rings is 1. The van der Waals surface area contributed by atoms with Crippen molar-refractivity contribution in [3.63, 3.8) is 0 Å². The molecule has 0 atom stereocenters. The molecule has 0 saturated carbocycles. The molecule has 1 aliphatic rings. The Morgan fingerprint density at radius 3 is 2.48 bits per heavy atom. The van der Waals surface area contributed by atoms with Crippen LogP contribution in [0, 0.1) is 6.92 Å². The molecule has 1 aromatic carbocycles. The van der Waals surface area contributed by atoms with Crippen molar-refractivity contribution in [1.29, 1.82) is 0 Å². The molecule has 1 heterocycles. The Bertz CT molecular complexity index is 810. The number of aryl methyl sites for hydroxylation is 2. The first kappa shape index (κ1) is 19.4. The summed E-state index contributed by atoms with van der Waals surface area (Å²) in [6.45, 7) is 1.89. The lowest BCUT2D eigenvalue weighted by Crippen LogP contribution is -2.21. The van der Waals surface area contributed by atoms with Gasteiger partial charge in [-0.2, -0.15) is 0 Å². The molecule has 0 radical (unpaired) electrons. The topological polar surface area (TPSA) is 64.6 Å². The Balaban J connectivity index is 1.74. The van der Waals surface area contributed by atoms with Crippen LogP contribution in [0.3, 0.4) is 0 Å². The molecule has 0 unspecified atom stereocenters. The number of fused-ring (bicyclic) bond motifs is 1.